The van der Waals surface area contributed by atoms with Crippen LogP contribution in [0.3, 0.4) is 0 Å². The Bertz CT molecular complexity index is 1460. The Kier molecular flexibility index (Phi) is 6.64. The zero-order valence-electron chi connectivity index (χ0n) is 19.8. The number of fused-ring (bicyclic) bond motifs is 1. The van der Waals surface area contributed by atoms with E-state index in [1.54, 1.807) is 73.1 Å². The van der Waals surface area contributed by atoms with E-state index in [0.29, 0.717) is 40.5 Å². The fourth-order valence-electron chi connectivity index (χ4n) is 4.77. The first-order valence-corrected chi connectivity index (χ1v) is 12.2. The summed E-state index contributed by atoms with van der Waals surface area (Å²) in [4.78, 5) is 49.0. The number of nitrogens with one attached hydrogen (secondary N) is 1. The van der Waals surface area contributed by atoms with Gasteiger partial charge in [0.05, 0.1) is 11.6 Å². The summed E-state index contributed by atoms with van der Waals surface area (Å²) in [6.07, 6.45) is 3.36. The minimum atomic E-state index is -0.843. The molecule has 2 aromatic heterocycles. The molecular weight excluding hydrogens is 494 g/mol. The number of quaternary nitrogens is 1. The molecular formula is C27H25ClN5O4+. The van der Waals surface area contributed by atoms with Crippen molar-refractivity contribution in [3.05, 3.63) is 89.7 Å². The van der Waals surface area contributed by atoms with Crippen molar-refractivity contribution in [2.24, 2.45) is 5.73 Å². The van der Waals surface area contributed by atoms with E-state index in [9.17, 15) is 14.4 Å². The lowest BCUT2D eigenvalue weighted by atomic mass is 10.1. The van der Waals surface area contributed by atoms with Gasteiger partial charge in [-0.05, 0) is 30.3 Å². The molecule has 0 spiro atoms. The van der Waals surface area contributed by atoms with Crippen LogP contribution in [0, 0.1) is 0 Å². The van der Waals surface area contributed by atoms with Gasteiger partial charge in [0.1, 0.15) is 6.54 Å². The van der Waals surface area contributed by atoms with Crippen molar-refractivity contribution in [2.45, 2.75) is 19.1 Å². The Hall–Kier alpha value is -4.21. The summed E-state index contributed by atoms with van der Waals surface area (Å²) in [6.45, 7) is -0.202. The molecule has 0 saturated carbocycles. The van der Waals surface area contributed by atoms with Crippen LogP contribution in [-0.2, 0) is 4.79 Å². The van der Waals surface area contributed by atoms with Gasteiger partial charge in [0.15, 0.2) is 0 Å². The second-order valence-electron chi connectivity index (χ2n) is 8.83. The van der Waals surface area contributed by atoms with Crippen LogP contribution in [0.4, 0.5) is 10.5 Å². The van der Waals surface area contributed by atoms with Crippen molar-refractivity contribution in [3.63, 3.8) is 0 Å². The average Bonchev–Trinajstić information content (AvgIpc) is 3.51. The second kappa shape index (κ2) is 10.0. The van der Waals surface area contributed by atoms with Gasteiger partial charge in [0.2, 0.25) is 5.88 Å². The maximum Gasteiger partial charge on any atom is 0.424 e. The number of nitrogens with zero attached hydrogens (tertiary/aromatic N) is 3. The molecule has 1 unspecified atom stereocenters. The van der Waals surface area contributed by atoms with Crippen molar-refractivity contribution in [1.82, 2.24) is 9.97 Å². The van der Waals surface area contributed by atoms with E-state index in [2.05, 4.69) is 9.97 Å². The van der Waals surface area contributed by atoms with Gasteiger partial charge in [0, 0.05) is 53.5 Å². The van der Waals surface area contributed by atoms with E-state index in [0.717, 1.165) is 5.39 Å². The third kappa shape index (κ3) is 4.54. The van der Waals surface area contributed by atoms with E-state index >= 15 is 0 Å². The average molecular weight is 519 g/mol. The van der Waals surface area contributed by atoms with Gasteiger partial charge in [-0.3, -0.25) is 9.69 Å². The summed E-state index contributed by atoms with van der Waals surface area (Å²) < 4.78 is 5.25. The van der Waals surface area contributed by atoms with Gasteiger partial charge in [-0.15, -0.1) is 4.48 Å². The lowest BCUT2D eigenvalue weighted by molar-refractivity contribution is -0.807. The number of nitrogens with two attached hydrogens (primary N) is 1. The molecule has 188 valence electrons. The van der Waals surface area contributed by atoms with Gasteiger partial charge >= 0.3 is 11.9 Å². The molecule has 0 bridgehead atoms. The van der Waals surface area contributed by atoms with Crippen LogP contribution in [0.5, 0.6) is 5.88 Å². The Morgan fingerprint density at radius 2 is 1.89 bits per heavy atom. The predicted octanol–water partition coefficient (Wildman–Crippen LogP) is 4.48. The normalized spacial score (nSPS) is 19.0. The van der Waals surface area contributed by atoms with Crippen LogP contribution in [-0.4, -0.2) is 51.6 Å². The molecule has 3 N–H and O–H groups in total. The van der Waals surface area contributed by atoms with Crippen LogP contribution >= 0.6 is 11.6 Å². The number of hydrogen-bond donors (Lipinski definition) is 2. The molecule has 0 radical (unpaired) electrons. The molecule has 3 heterocycles. The Morgan fingerprint density at radius 1 is 1.11 bits per heavy atom. The number of H-pyrrole nitrogens is 1. The monoisotopic (exact) mass is 518 g/mol. The van der Waals surface area contributed by atoms with E-state index in [1.807, 2.05) is 6.07 Å². The maximum absolute atomic E-state index is 13.9. The minimum absolute atomic E-state index is 0.176. The standard InChI is InChI=1S/C27H24ClN5O4/c28-21-16-31-22-15-18(11-12-20(21)22)26(35)32(19-7-2-1-3-8-19)17-24(34)33(27(29)36)14-6-10-25(33)37-23-9-4-5-13-30-23/h1-5,7-9,11-13,15-16,25H,6,10,14,17H2,(H2-,29,31,35,36)/p+1/t25?,33-/m0/s1. The Balaban J connectivity index is 1.49. The van der Waals surface area contributed by atoms with Gasteiger partial charge in [-0.1, -0.05) is 41.9 Å². The predicted molar refractivity (Wildman–Crippen MR) is 139 cm³/mol. The molecule has 5 rings (SSSR count). The number of hydrogen-bond acceptors (Lipinski definition) is 5. The lowest BCUT2D eigenvalue weighted by Gasteiger charge is -2.34. The molecule has 0 aliphatic carbocycles. The van der Waals surface area contributed by atoms with Crippen molar-refractivity contribution in [1.29, 1.82) is 0 Å². The molecule has 37 heavy (non-hydrogen) atoms. The molecule has 2 aromatic carbocycles. The van der Waals surface area contributed by atoms with Gasteiger partial charge < -0.3 is 15.5 Å². The zero-order valence-corrected chi connectivity index (χ0v) is 20.6. The molecule has 4 amide bonds. The summed E-state index contributed by atoms with van der Waals surface area (Å²) in [5, 5.41) is 1.33. The number of para-hydroxylation sites is 1. The molecule has 4 aromatic rings. The second-order valence-corrected chi connectivity index (χ2v) is 9.24. The summed E-state index contributed by atoms with van der Waals surface area (Å²) in [7, 11) is 0. The number of pyridine rings is 1. The van der Waals surface area contributed by atoms with E-state index in [1.165, 1.54) is 4.90 Å². The van der Waals surface area contributed by atoms with Crippen LogP contribution in [0.1, 0.15) is 23.2 Å². The number of amides is 4. The van der Waals surface area contributed by atoms with Crippen molar-refractivity contribution in [2.75, 3.05) is 18.0 Å². The number of aromatic amines is 1. The molecule has 1 saturated heterocycles. The molecule has 1 fully saturated rings. The molecule has 10 heteroatoms. The third-order valence-corrected chi connectivity index (χ3v) is 6.98. The van der Waals surface area contributed by atoms with Crippen molar-refractivity contribution >= 4 is 46.0 Å². The number of imide groups is 1. The smallest absolute Gasteiger partial charge is 0.424 e. The number of anilines is 1. The number of benzene rings is 2. The Labute approximate surface area is 218 Å². The number of carbonyl (C=O) groups excluding carboxylic acids is 3. The van der Waals surface area contributed by atoms with Crippen LogP contribution in [0.25, 0.3) is 10.9 Å². The van der Waals surface area contributed by atoms with Gasteiger partial charge in [0.25, 0.3) is 12.1 Å². The number of carbonyl (C=O) groups is 3. The molecule has 9 nitrogen and oxygen atoms in total. The largest absolute Gasteiger partial charge is 0.424 e. The topological polar surface area (TPSA) is 118 Å². The highest BCUT2D eigenvalue weighted by Crippen LogP contribution is 2.31. The summed E-state index contributed by atoms with van der Waals surface area (Å²) in [5.74, 6) is -0.650. The Morgan fingerprint density at radius 3 is 2.62 bits per heavy atom. The molecule has 2 atom stereocenters. The first-order valence-electron chi connectivity index (χ1n) is 11.8. The van der Waals surface area contributed by atoms with Crippen molar-refractivity contribution < 1.29 is 23.6 Å². The SMILES string of the molecule is NC(=O)[N@+]1(C(=O)CN(C(=O)c2ccc3c(Cl)c[nH]c3c2)c2ccccc2)CCCC1Oc1ccccn1. The molecule has 1 aliphatic rings. The lowest BCUT2D eigenvalue weighted by Crippen LogP contribution is -2.66. The summed E-state index contributed by atoms with van der Waals surface area (Å²) in [6, 6.07) is 18.2. The number of aromatic nitrogens is 2. The van der Waals surface area contributed by atoms with Crippen molar-refractivity contribution in [3.8, 4) is 5.88 Å². The van der Waals surface area contributed by atoms with E-state index < -0.39 is 28.6 Å². The van der Waals surface area contributed by atoms with Gasteiger partial charge in [-0.25, -0.2) is 14.6 Å². The number of ether oxygens (including phenoxy) is 1. The van der Waals surface area contributed by atoms with E-state index in [-0.39, 0.29) is 13.1 Å². The van der Waals surface area contributed by atoms with E-state index in [4.69, 9.17) is 22.1 Å². The number of likely N-dealkylation sites (tertiary alicyclic amines) is 1. The number of urea groups is 1. The van der Waals surface area contributed by atoms with Crippen LogP contribution in [0.15, 0.2) is 79.1 Å². The third-order valence-electron chi connectivity index (χ3n) is 6.67. The summed E-state index contributed by atoms with van der Waals surface area (Å²) >= 11 is 6.19. The maximum atomic E-state index is 13.9. The first kappa shape index (κ1) is 24.5. The van der Waals surface area contributed by atoms with Gasteiger partial charge in [-0.2, -0.15) is 0 Å². The number of rotatable bonds is 6. The fraction of sp³-hybridized carbons (Fsp3) is 0.185. The quantitative estimate of drug-likeness (QED) is 0.365. The highest BCUT2D eigenvalue weighted by atomic mass is 35.5. The highest BCUT2D eigenvalue weighted by Gasteiger charge is 2.55. The number of halogens is 1. The minimum Gasteiger partial charge on any atom is -0.424 e. The molecule has 1 aliphatic heterocycles. The fourth-order valence-corrected chi connectivity index (χ4v) is 4.99. The highest BCUT2D eigenvalue weighted by molar-refractivity contribution is 6.35. The zero-order chi connectivity index (χ0) is 26.0. The summed E-state index contributed by atoms with van der Waals surface area (Å²) in [5.41, 5.74) is 7.40. The van der Waals surface area contributed by atoms with Crippen LogP contribution < -0.4 is 15.4 Å². The van der Waals surface area contributed by atoms with Crippen LogP contribution in [0.2, 0.25) is 5.02 Å². The number of primary amides is 1. The first-order chi connectivity index (χ1) is 17.9.